The van der Waals surface area contributed by atoms with Gasteiger partial charge in [0.15, 0.2) is 5.76 Å². The number of aromatic nitrogens is 4. The molecular formula is C26H23N5O4S. The van der Waals surface area contributed by atoms with Gasteiger partial charge in [0.2, 0.25) is 5.13 Å². The van der Waals surface area contributed by atoms with Crippen molar-refractivity contribution in [1.82, 2.24) is 19.6 Å². The molecule has 1 fully saturated rings. The first-order valence-corrected chi connectivity index (χ1v) is 12.0. The summed E-state index contributed by atoms with van der Waals surface area (Å²) in [6, 6.07) is 9.88. The third-order valence-electron chi connectivity index (χ3n) is 6.02. The molecule has 1 aliphatic heterocycles. The first kappa shape index (κ1) is 23.4. The number of hydrogen-bond donors (Lipinski definition) is 1. The number of aryl methyl sites for hydroxylation is 3. The molecule has 4 heterocycles. The first-order valence-electron chi connectivity index (χ1n) is 11.2. The number of carbonyl (C=O) groups excluding carboxylic acids is 2. The number of aliphatic hydroxyl groups excluding tert-OH is 1. The highest BCUT2D eigenvalue weighted by molar-refractivity contribution is 7.15. The largest absolute Gasteiger partial charge is 0.505 e. The van der Waals surface area contributed by atoms with Crippen LogP contribution >= 0.6 is 11.3 Å². The lowest BCUT2D eigenvalue weighted by atomic mass is 9.96. The monoisotopic (exact) mass is 501 g/mol. The van der Waals surface area contributed by atoms with Gasteiger partial charge in [0.05, 0.1) is 17.3 Å². The van der Waals surface area contributed by atoms with Crippen molar-refractivity contribution in [3.05, 3.63) is 88.3 Å². The smallest absolute Gasteiger partial charge is 0.301 e. The van der Waals surface area contributed by atoms with E-state index in [0.717, 1.165) is 5.56 Å². The molecule has 1 amide bonds. The lowest BCUT2D eigenvalue weighted by Gasteiger charge is -2.22. The topological polar surface area (TPSA) is 110 Å². The summed E-state index contributed by atoms with van der Waals surface area (Å²) in [6.45, 7) is 9.44. The van der Waals surface area contributed by atoms with Crippen molar-refractivity contribution in [3.8, 4) is 5.75 Å². The number of ether oxygens (including phenoxy) is 1. The van der Waals surface area contributed by atoms with Crippen LogP contribution in [0.1, 0.15) is 33.6 Å². The Hall–Kier alpha value is -4.31. The number of Topliss-reactive ketones (excluding diaryl/α,β-unsaturated/α-hetero) is 1. The summed E-state index contributed by atoms with van der Waals surface area (Å²) in [5, 5.41) is 20.6. The summed E-state index contributed by atoms with van der Waals surface area (Å²) in [7, 11) is 0. The van der Waals surface area contributed by atoms with Gasteiger partial charge in [-0.1, -0.05) is 42.2 Å². The van der Waals surface area contributed by atoms with Gasteiger partial charge >= 0.3 is 5.91 Å². The van der Waals surface area contributed by atoms with Gasteiger partial charge < -0.3 is 14.2 Å². The standard InChI is InChI=1S/C26H23N5O4S/c1-5-12-35-18-10-6-9-17(13-18)21-19(23(33)25(34)31(21)26-29-28-16(4)36-26)22(32)20-15(3)30-11-7-8-14(2)24(30)27-20/h5-11,13,21,32H,1,12H2,2-4H3/b22-19+. The molecule has 0 radical (unpaired) electrons. The van der Waals surface area contributed by atoms with E-state index in [4.69, 9.17) is 4.74 Å². The molecule has 1 saturated heterocycles. The van der Waals surface area contributed by atoms with E-state index in [1.807, 2.05) is 29.7 Å². The summed E-state index contributed by atoms with van der Waals surface area (Å²) in [5.74, 6) is -1.44. The normalized spacial score (nSPS) is 17.2. The van der Waals surface area contributed by atoms with E-state index >= 15 is 0 Å². The molecule has 0 bridgehead atoms. The lowest BCUT2D eigenvalue weighted by molar-refractivity contribution is -0.132. The first-order chi connectivity index (χ1) is 17.3. The number of fused-ring (bicyclic) bond motifs is 1. The lowest BCUT2D eigenvalue weighted by Crippen LogP contribution is -2.29. The maximum atomic E-state index is 13.4. The summed E-state index contributed by atoms with van der Waals surface area (Å²) >= 11 is 1.19. The number of imidazole rings is 1. The molecule has 9 nitrogen and oxygen atoms in total. The van der Waals surface area contributed by atoms with Crippen molar-refractivity contribution in [2.24, 2.45) is 0 Å². The number of rotatable bonds is 6. The van der Waals surface area contributed by atoms with E-state index in [1.165, 1.54) is 16.2 Å². The van der Waals surface area contributed by atoms with E-state index in [9.17, 15) is 14.7 Å². The van der Waals surface area contributed by atoms with E-state index in [1.54, 1.807) is 44.2 Å². The van der Waals surface area contributed by atoms with E-state index in [-0.39, 0.29) is 22.2 Å². The van der Waals surface area contributed by atoms with Gasteiger partial charge in [0, 0.05) is 6.20 Å². The summed E-state index contributed by atoms with van der Waals surface area (Å²) in [5.41, 5.74) is 2.95. The van der Waals surface area contributed by atoms with Crippen LogP contribution in [-0.4, -0.2) is 43.0 Å². The van der Waals surface area contributed by atoms with Crippen molar-refractivity contribution in [3.63, 3.8) is 0 Å². The summed E-state index contributed by atoms with van der Waals surface area (Å²) < 4.78 is 7.52. The maximum absolute atomic E-state index is 13.4. The van der Waals surface area contributed by atoms with Gasteiger partial charge in [0.1, 0.15) is 28.7 Å². The molecule has 36 heavy (non-hydrogen) atoms. The number of pyridine rings is 1. The van der Waals surface area contributed by atoms with Gasteiger partial charge in [-0.2, -0.15) is 0 Å². The van der Waals surface area contributed by atoms with Crippen molar-refractivity contribution in [2.75, 3.05) is 11.5 Å². The Balaban J connectivity index is 1.74. The van der Waals surface area contributed by atoms with E-state index < -0.39 is 17.7 Å². The molecule has 1 aliphatic rings. The molecule has 1 atom stereocenters. The van der Waals surface area contributed by atoms with E-state index in [0.29, 0.717) is 34.3 Å². The quantitative estimate of drug-likeness (QED) is 0.182. The second kappa shape index (κ2) is 9.04. The van der Waals surface area contributed by atoms with Gasteiger partial charge in [-0.3, -0.25) is 14.5 Å². The molecular weight excluding hydrogens is 478 g/mol. The molecule has 3 aromatic heterocycles. The molecule has 182 valence electrons. The van der Waals surface area contributed by atoms with Gasteiger partial charge in [0.25, 0.3) is 5.78 Å². The Kier molecular flexibility index (Phi) is 5.89. The zero-order valence-corrected chi connectivity index (χ0v) is 20.7. The fourth-order valence-electron chi connectivity index (χ4n) is 4.33. The van der Waals surface area contributed by atoms with Crippen molar-refractivity contribution >= 4 is 39.6 Å². The molecule has 1 unspecified atom stereocenters. The highest BCUT2D eigenvalue weighted by Crippen LogP contribution is 2.43. The highest BCUT2D eigenvalue weighted by atomic mass is 32.1. The predicted molar refractivity (Wildman–Crippen MR) is 136 cm³/mol. The number of ketones is 1. The van der Waals surface area contributed by atoms with Crippen LogP contribution in [0.5, 0.6) is 5.75 Å². The third kappa shape index (κ3) is 3.75. The Morgan fingerprint density at radius 1 is 1.19 bits per heavy atom. The van der Waals surface area contributed by atoms with Crippen LogP contribution in [0.25, 0.3) is 11.4 Å². The predicted octanol–water partition coefficient (Wildman–Crippen LogP) is 4.30. The van der Waals surface area contributed by atoms with Crippen LogP contribution in [0.2, 0.25) is 0 Å². The van der Waals surface area contributed by atoms with Crippen LogP contribution < -0.4 is 9.64 Å². The number of nitrogens with zero attached hydrogens (tertiary/aromatic N) is 5. The second-order valence-corrected chi connectivity index (χ2v) is 9.54. The van der Waals surface area contributed by atoms with Crippen molar-refractivity contribution < 1.29 is 19.4 Å². The van der Waals surface area contributed by atoms with Crippen LogP contribution in [0.15, 0.2) is 60.8 Å². The maximum Gasteiger partial charge on any atom is 0.301 e. The fourth-order valence-corrected chi connectivity index (χ4v) is 5.05. The second-order valence-electron chi connectivity index (χ2n) is 8.38. The van der Waals surface area contributed by atoms with Crippen LogP contribution in [0.4, 0.5) is 5.13 Å². The molecule has 4 aromatic rings. The number of hydrogen-bond acceptors (Lipinski definition) is 8. The average molecular weight is 502 g/mol. The van der Waals surface area contributed by atoms with Crippen LogP contribution in [0, 0.1) is 20.8 Å². The molecule has 0 aliphatic carbocycles. The number of aliphatic hydroxyl groups is 1. The third-order valence-corrected chi connectivity index (χ3v) is 6.85. The number of amides is 1. The number of benzene rings is 1. The molecule has 0 spiro atoms. The molecule has 10 heteroatoms. The van der Waals surface area contributed by atoms with Gasteiger partial charge in [-0.15, -0.1) is 10.2 Å². The molecule has 1 N–H and O–H groups in total. The minimum Gasteiger partial charge on any atom is -0.505 e. The molecule has 1 aromatic carbocycles. The Labute approximate surface area is 211 Å². The summed E-state index contributed by atoms with van der Waals surface area (Å²) in [4.78, 5) is 32.6. The zero-order valence-electron chi connectivity index (χ0n) is 19.9. The SMILES string of the molecule is C=CCOc1cccc(C2/C(=C(\O)c3nc4c(C)cccn4c3C)C(=O)C(=O)N2c2nnc(C)s2)c1. The number of carbonyl (C=O) groups is 2. The Bertz CT molecular complexity index is 1570. The van der Waals surface area contributed by atoms with Gasteiger partial charge in [-0.05, 0) is 50.1 Å². The van der Waals surface area contributed by atoms with Crippen LogP contribution in [0.3, 0.4) is 0 Å². The van der Waals surface area contributed by atoms with Gasteiger partial charge in [-0.25, -0.2) is 4.98 Å². The van der Waals surface area contributed by atoms with Crippen molar-refractivity contribution in [2.45, 2.75) is 26.8 Å². The van der Waals surface area contributed by atoms with Crippen molar-refractivity contribution in [1.29, 1.82) is 0 Å². The molecule has 0 saturated carbocycles. The minimum absolute atomic E-state index is 0.0714. The summed E-state index contributed by atoms with van der Waals surface area (Å²) in [6.07, 6.45) is 3.46. The van der Waals surface area contributed by atoms with E-state index in [2.05, 4.69) is 21.8 Å². The highest BCUT2D eigenvalue weighted by Gasteiger charge is 2.48. The van der Waals surface area contributed by atoms with Crippen LogP contribution in [-0.2, 0) is 9.59 Å². The molecule has 5 rings (SSSR count). The number of anilines is 1. The Morgan fingerprint density at radius 2 is 2.00 bits per heavy atom. The zero-order chi connectivity index (χ0) is 25.6. The minimum atomic E-state index is -0.949. The fraction of sp³-hybridized carbons (Fsp3) is 0.192. The average Bonchev–Trinajstić information content (AvgIpc) is 3.52. The Morgan fingerprint density at radius 3 is 2.69 bits per heavy atom.